The SMILES string of the molecule is CC1(C)OB(C(F)=Cc2ccncc2F)OC1(C)C. The summed E-state index contributed by atoms with van der Waals surface area (Å²) in [6, 6.07) is 1.39. The number of pyridine rings is 1. The monoisotopic (exact) mass is 267 g/mol. The van der Waals surface area contributed by atoms with Crippen LogP contribution in [-0.2, 0) is 9.31 Å². The van der Waals surface area contributed by atoms with Crippen molar-refractivity contribution >= 4 is 13.2 Å². The summed E-state index contributed by atoms with van der Waals surface area (Å²) in [4.78, 5) is 3.61. The van der Waals surface area contributed by atoms with Gasteiger partial charge in [0.05, 0.1) is 17.4 Å². The van der Waals surface area contributed by atoms with E-state index in [2.05, 4.69) is 4.98 Å². The second-order valence-corrected chi connectivity index (χ2v) is 5.51. The van der Waals surface area contributed by atoms with Crippen LogP contribution in [0.25, 0.3) is 6.08 Å². The predicted molar refractivity (Wildman–Crippen MR) is 69.4 cm³/mol. The average Bonchev–Trinajstić information content (AvgIpc) is 2.51. The van der Waals surface area contributed by atoms with Crippen LogP contribution < -0.4 is 0 Å². The maximum atomic E-state index is 14.1. The van der Waals surface area contributed by atoms with Crippen molar-refractivity contribution in [3.8, 4) is 0 Å². The van der Waals surface area contributed by atoms with Crippen LogP contribution in [0.5, 0.6) is 0 Å². The molecule has 0 saturated carbocycles. The molecule has 1 aromatic heterocycles. The van der Waals surface area contributed by atoms with E-state index in [0.29, 0.717) is 0 Å². The van der Waals surface area contributed by atoms with Gasteiger partial charge in [0.2, 0.25) is 0 Å². The first-order chi connectivity index (χ1) is 8.73. The van der Waals surface area contributed by atoms with Crippen LogP contribution in [0.15, 0.2) is 24.2 Å². The highest BCUT2D eigenvalue weighted by atomic mass is 19.1. The summed E-state index contributed by atoms with van der Waals surface area (Å²) in [7, 11) is -1.11. The molecule has 0 aromatic carbocycles. The summed E-state index contributed by atoms with van der Waals surface area (Å²) >= 11 is 0. The number of hydrogen-bond acceptors (Lipinski definition) is 3. The average molecular weight is 267 g/mol. The van der Waals surface area contributed by atoms with Crippen LogP contribution in [-0.4, -0.2) is 23.3 Å². The third kappa shape index (κ3) is 2.69. The molecule has 0 radical (unpaired) electrons. The van der Waals surface area contributed by atoms with Crippen LogP contribution >= 0.6 is 0 Å². The minimum atomic E-state index is -1.11. The van der Waals surface area contributed by atoms with Gasteiger partial charge in [0.25, 0.3) is 0 Å². The van der Waals surface area contributed by atoms with Crippen molar-refractivity contribution in [1.82, 2.24) is 4.98 Å². The van der Waals surface area contributed by atoms with Crippen LogP contribution in [0.4, 0.5) is 8.78 Å². The van der Waals surface area contributed by atoms with E-state index in [1.54, 1.807) is 0 Å². The molecule has 0 N–H and O–H groups in total. The molecular formula is C13H16BF2NO2. The lowest BCUT2D eigenvalue weighted by molar-refractivity contribution is 0.00578. The van der Waals surface area contributed by atoms with Gasteiger partial charge in [0.15, 0.2) is 0 Å². The Kier molecular flexibility index (Phi) is 3.49. The smallest absolute Gasteiger partial charge is 0.398 e. The summed E-state index contributed by atoms with van der Waals surface area (Å²) < 4.78 is 38.5. The molecule has 0 bridgehead atoms. The highest BCUT2D eigenvalue weighted by Gasteiger charge is 2.53. The zero-order chi connectivity index (χ0) is 14.3. The largest absolute Gasteiger partial charge is 0.525 e. The van der Waals surface area contributed by atoms with E-state index in [1.807, 2.05) is 27.7 Å². The molecule has 6 heteroatoms. The molecule has 1 aliphatic heterocycles. The number of aromatic nitrogens is 1. The van der Waals surface area contributed by atoms with Crippen molar-refractivity contribution in [2.24, 2.45) is 0 Å². The highest BCUT2D eigenvalue weighted by molar-refractivity contribution is 6.54. The third-order valence-corrected chi connectivity index (χ3v) is 3.58. The molecule has 1 fully saturated rings. The summed E-state index contributed by atoms with van der Waals surface area (Å²) in [5.41, 5.74) is -1.80. The van der Waals surface area contributed by atoms with Crippen LogP contribution in [0.3, 0.4) is 0 Å². The van der Waals surface area contributed by atoms with Crippen molar-refractivity contribution in [3.05, 3.63) is 35.6 Å². The number of nitrogens with zero attached hydrogens (tertiary/aromatic N) is 1. The van der Waals surface area contributed by atoms with Crippen LogP contribution in [0, 0.1) is 5.82 Å². The number of halogens is 2. The van der Waals surface area contributed by atoms with Gasteiger partial charge in [-0.2, -0.15) is 0 Å². The fraction of sp³-hybridized carbons (Fsp3) is 0.462. The van der Waals surface area contributed by atoms with Gasteiger partial charge in [-0.3, -0.25) is 4.98 Å². The van der Waals surface area contributed by atoms with Gasteiger partial charge in [-0.15, -0.1) is 0 Å². The van der Waals surface area contributed by atoms with Crippen molar-refractivity contribution in [3.63, 3.8) is 0 Å². The van der Waals surface area contributed by atoms with Crippen molar-refractivity contribution in [2.45, 2.75) is 38.9 Å². The van der Waals surface area contributed by atoms with Gasteiger partial charge in [-0.1, -0.05) is 0 Å². The van der Waals surface area contributed by atoms with E-state index in [0.717, 1.165) is 12.3 Å². The Labute approximate surface area is 111 Å². The Morgan fingerprint density at radius 2 is 1.84 bits per heavy atom. The van der Waals surface area contributed by atoms with Gasteiger partial charge in [0, 0.05) is 11.8 Å². The highest BCUT2D eigenvalue weighted by Crippen LogP contribution is 2.39. The minimum absolute atomic E-state index is 0.113. The maximum Gasteiger partial charge on any atom is 0.525 e. The number of hydrogen-bond donors (Lipinski definition) is 0. The van der Waals surface area contributed by atoms with Crippen molar-refractivity contribution in [1.29, 1.82) is 0 Å². The molecule has 1 aliphatic rings. The maximum absolute atomic E-state index is 14.1. The zero-order valence-electron chi connectivity index (χ0n) is 11.4. The predicted octanol–water partition coefficient (Wildman–Crippen LogP) is 3.16. The van der Waals surface area contributed by atoms with Crippen LogP contribution in [0.1, 0.15) is 33.3 Å². The van der Waals surface area contributed by atoms with Gasteiger partial charge in [0.1, 0.15) is 11.5 Å². The molecule has 0 spiro atoms. The second-order valence-electron chi connectivity index (χ2n) is 5.51. The Hall–Kier alpha value is -1.27. The van der Waals surface area contributed by atoms with Crippen LogP contribution in [0.2, 0.25) is 0 Å². The molecule has 0 atom stereocenters. The molecule has 0 unspecified atom stereocenters. The molecule has 2 rings (SSSR count). The van der Waals surface area contributed by atoms with E-state index < -0.39 is 29.9 Å². The molecule has 102 valence electrons. The molecule has 0 amide bonds. The summed E-state index contributed by atoms with van der Waals surface area (Å²) in [5, 5.41) is 0. The molecule has 19 heavy (non-hydrogen) atoms. The normalized spacial score (nSPS) is 21.8. The Morgan fingerprint density at radius 1 is 1.26 bits per heavy atom. The molecule has 0 aliphatic carbocycles. The van der Waals surface area contributed by atoms with Gasteiger partial charge >= 0.3 is 7.12 Å². The topological polar surface area (TPSA) is 31.4 Å². The quantitative estimate of drug-likeness (QED) is 0.771. The molecular weight excluding hydrogens is 251 g/mol. The molecule has 3 nitrogen and oxygen atoms in total. The summed E-state index contributed by atoms with van der Waals surface area (Å²) in [6.45, 7) is 7.31. The molecule has 2 heterocycles. The third-order valence-electron chi connectivity index (χ3n) is 3.58. The Morgan fingerprint density at radius 3 is 2.37 bits per heavy atom. The first kappa shape index (κ1) is 14.2. The minimum Gasteiger partial charge on any atom is -0.398 e. The van der Waals surface area contributed by atoms with Crippen molar-refractivity contribution < 1.29 is 18.1 Å². The lowest BCUT2D eigenvalue weighted by atomic mass is 9.87. The molecule has 1 aromatic rings. The zero-order valence-corrected chi connectivity index (χ0v) is 11.4. The number of rotatable bonds is 2. The van der Waals surface area contributed by atoms with Gasteiger partial charge in [-0.25, -0.2) is 8.78 Å². The first-order valence-corrected chi connectivity index (χ1v) is 6.05. The lowest BCUT2D eigenvalue weighted by Gasteiger charge is -2.32. The fourth-order valence-electron chi connectivity index (χ4n) is 1.68. The first-order valence-electron chi connectivity index (χ1n) is 6.05. The van der Waals surface area contributed by atoms with E-state index in [1.165, 1.54) is 12.3 Å². The van der Waals surface area contributed by atoms with Crippen molar-refractivity contribution in [2.75, 3.05) is 0 Å². The summed E-state index contributed by atoms with van der Waals surface area (Å²) in [6.07, 6.45) is 3.49. The summed E-state index contributed by atoms with van der Waals surface area (Å²) in [5.74, 6) is -0.589. The van der Waals surface area contributed by atoms with E-state index in [-0.39, 0.29) is 5.56 Å². The van der Waals surface area contributed by atoms with E-state index in [4.69, 9.17) is 9.31 Å². The standard InChI is InChI=1S/C13H16BF2NO2/c1-12(2)13(3,4)19-14(18-12)11(16)7-9-5-6-17-8-10(9)15/h5-8H,1-4H3. The second kappa shape index (κ2) is 4.69. The fourth-order valence-corrected chi connectivity index (χ4v) is 1.68. The Balaban J connectivity index is 2.23. The molecule has 1 saturated heterocycles. The Bertz CT molecular complexity index is 501. The lowest BCUT2D eigenvalue weighted by Crippen LogP contribution is -2.41. The van der Waals surface area contributed by atoms with Gasteiger partial charge < -0.3 is 9.31 Å². The van der Waals surface area contributed by atoms with E-state index in [9.17, 15) is 8.78 Å². The van der Waals surface area contributed by atoms with E-state index >= 15 is 0 Å². The van der Waals surface area contributed by atoms with Gasteiger partial charge in [-0.05, 0) is 39.8 Å².